The molecule has 154 valence electrons. The van der Waals surface area contributed by atoms with Gasteiger partial charge in [0.15, 0.2) is 0 Å². The molecule has 1 saturated heterocycles. The van der Waals surface area contributed by atoms with Crippen molar-refractivity contribution in [3.63, 3.8) is 0 Å². The molecule has 2 heterocycles. The molecule has 0 atom stereocenters. The monoisotopic (exact) mass is 407 g/mol. The number of carbonyl (C=O) groups is 2. The van der Waals surface area contributed by atoms with E-state index < -0.39 is 29.6 Å². The van der Waals surface area contributed by atoms with Crippen molar-refractivity contribution in [2.75, 3.05) is 4.90 Å². The Hall–Kier alpha value is -3.10. The summed E-state index contributed by atoms with van der Waals surface area (Å²) >= 11 is 0. The summed E-state index contributed by atoms with van der Waals surface area (Å²) in [5, 5.41) is 0. The zero-order valence-corrected chi connectivity index (χ0v) is 16.2. The minimum Gasteiger partial charge on any atom is -0.406 e. The van der Waals surface area contributed by atoms with Crippen molar-refractivity contribution in [3.05, 3.63) is 53.9 Å². The van der Waals surface area contributed by atoms with Crippen LogP contribution in [0.25, 0.3) is 0 Å². The third-order valence-electron chi connectivity index (χ3n) is 4.74. The van der Waals surface area contributed by atoms with E-state index in [2.05, 4.69) is 9.72 Å². The van der Waals surface area contributed by atoms with Gasteiger partial charge in [0.25, 0.3) is 5.91 Å². The number of nitrogens with zero attached hydrogens (tertiary/aromatic N) is 3. The fourth-order valence-corrected chi connectivity index (χ4v) is 3.13. The van der Waals surface area contributed by atoms with Gasteiger partial charge in [0.1, 0.15) is 11.3 Å². The smallest absolute Gasteiger partial charge is 0.406 e. The maximum absolute atomic E-state index is 13.0. The first-order valence-corrected chi connectivity index (χ1v) is 8.98. The maximum Gasteiger partial charge on any atom is 0.573 e. The first-order valence-electron chi connectivity index (χ1n) is 8.98. The van der Waals surface area contributed by atoms with Crippen LogP contribution in [0.4, 0.5) is 23.7 Å². The van der Waals surface area contributed by atoms with Gasteiger partial charge < -0.3 is 9.64 Å². The highest BCUT2D eigenvalue weighted by atomic mass is 19.4. The van der Waals surface area contributed by atoms with E-state index in [-0.39, 0.29) is 12.2 Å². The van der Waals surface area contributed by atoms with Crippen LogP contribution >= 0.6 is 0 Å². The fraction of sp³-hybridized carbons (Fsp3) is 0.350. The topological polar surface area (TPSA) is 62.7 Å². The predicted molar refractivity (Wildman–Crippen MR) is 99.2 cm³/mol. The highest BCUT2D eigenvalue weighted by Gasteiger charge is 2.51. The number of aromatic nitrogens is 1. The fourth-order valence-electron chi connectivity index (χ4n) is 3.13. The van der Waals surface area contributed by atoms with Gasteiger partial charge in [-0.15, -0.1) is 13.2 Å². The molecule has 6 nitrogen and oxygen atoms in total. The van der Waals surface area contributed by atoms with Crippen LogP contribution in [0, 0.1) is 0 Å². The summed E-state index contributed by atoms with van der Waals surface area (Å²) in [7, 11) is 0. The number of anilines is 1. The third-order valence-corrected chi connectivity index (χ3v) is 4.74. The molecule has 1 aliphatic heterocycles. The molecule has 3 amide bonds. The average Bonchev–Trinajstić information content (AvgIpc) is 2.81. The highest BCUT2D eigenvalue weighted by Crippen LogP contribution is 2.34. The molecule has 0 unspecified atom stereocenters. The van der Waals surface area contributed by atoms with Gasteiger partial charge >= 0.3 is 12.4 Å². The number of amides is 3. The Bertz CT molecular complexity index is 927. The first kappa shape index (κ1) is 20.6. The molecule has 2 aromatic rings. The van der Waals surface area contributed by atoms with E-state index >= 15 is 0 Å². The molecule has 1 aromatic heterocycles. The molecule has 9 heteroatoms. The Labute approximate surface area is 165 Å². The number of alkyl halides is 3. The van der Waals surface area contributed by atoms with Crippen molar-refractivity contribution < 1.29 is 27.5 Å². The van der Waals surface area contributed by atoms with E-state index in [9.17, 15) is 22.8 Å². The Morgan fingerprint density at radius 1 is 1.10 bits per heavy atom. The molecule has 0 aliphatic carbocycles. The molecule has 0 spiro atoms. The lowest BCUT2D eigenvalue weighted by Crippen LogP contribution is -2.43. The van der Waals surface area contributed by atoms with E-state index in [4.69, 9.17) is 0 Å². The van der Waals surface area contributed by atoms with Crippen molar-refractivity contribution >= 4 is 17.6 Å². The van der Waals surface area contributed by atoms with Gasteiger partial charge in [-0.1, -0.05) is 6.92 Å². The predicted octanol–water partition coefficient (Wildman–Crippen LogP) is 4.29. The molecule has 1 fully saturated rings. The number of halogens is 3. The van der Waals surface area contributed by atoms with E-state index in [1.807, 2.05) is 13.0 Å². The lowest BCUT2D eigenvalue weighted by molar-refractivity contribution is -0.274. The number of hydrogen-bond acceptors (Lipinski definition) is 4. The van der Waals surface area contributed by atoms with Gasteiger partial charge in [0, 0.05) is 18.4 Å². The molecular weight excluding hydrogens is 387 g/mol. The van der Waals surface area contributed by atoms with Crippen LogP contribution in [0.3, 0.4) is 0 Å². The number of rotatable bonds is 5. The van der Waals surface area contributed by atoms with Gasteiger partial charge in [-0.3, -0.25) is 9.78 Å². The minimum atomic E-state index is -4.82. The van der Waals surface area contributed by atoms with Gasteiger partial charge in [-0.25, -0.2) is 9.69 Å². The highest BCUT2D eigenvalue weighted by molar-refractivity contribution is 6.22. The number of pyridine rings is 1. The van der Waals surface area contributed by atoms with Crippen LogP contribution in [0.15, 0.2) is 42.6 Å². The summed E-state index contributed by atoms with van der Waals surface area (Å²) in [6.45, 7) is 5.44. The van der Waals surface area contributed by atoms with Crippen LogP contribution in [0.5, 0.6) is 5.75 Å². The average molecular weight is 407 g/mol. The minimum absolute atomic E-state index is 0.175. The van der Waals surface area contributed by atoms with E-state index in [0.29, 0.717) is 0 Å². The number of benzene rings is 1. The summed E-state index contributed by atoms with van der Waals surface area (Å²) < 4.78 is 40.8. The lowest BCUT2D eigenvalue weighted by Gasteiger charge is -2.27. The van der Waals surface area contributed by atoms with Crippen LogP contribution in [0.2, 0.25) is 0 Å². The molecule has 0 saturated carbocycles. The van der Waals surface area contributed by atoms with Gasteiger partial charge in [0.2, 0.25) is 0 Å². The second-order valence-electron chi connectivity index (χ2n) is 7.12. The summed E-state index contributed by atoms with van der Waals surface area (Å²) in [6, 6.07) is 7.74. The zero-order chi connectivity index (χ0) is 21.4. The number of imide groups is 1. The van der Waals surface area contributed by atoms with Gasteiger partial charge in [0.05, 0.1) is 5.69 Å². The molecule has 0 radical (unpaired) electrons. The van der Waals surface area contributed by atoms with Crippen molar-refractivity contribution in [1.82, 2.24) is 9.88 Å². The molecule has 3 rings (SSSR count). The SMILES string of the molecule is CCc1cc(CN2C(=O)N(c3ccc(OC(F)(F)F)cc3)C(=O)C2(C)C)ccn1. The normalized spacial score (nSPS) is 16.5. The first-order chi connectivity index (χ1) is 13.5. The second-order valence-corrected chi connectivity index (χ2v) is 7.12. The largest absolute Gasteiger partial charge is 0.573 e. The number of hydrogen-bond donors (Lipinski definition) is 0. The number of ether oxygens (including phenoxy) is 1. The second kappa shape index (κ2) is 7.38. The molecule has 0 bridgehead atoms. The quantitative estimate of drug-likeness (QED) is 0.694. The van der Waals surface area contributed by atoms with Crippen LogP contribution in [-0.4, -0.2) is 33.7 Å². The number of urea groups is 1. The Morgan fingerprint density at radius 3 is 2.34 bits per heavy atom. The van der Waals surface area contributed by atoms with E-state index in [0.717, 1.165) is 34.7 Å². The van der Waals surface area contributed by atoms with Crippen molar-refractivity contribution in [2.24, 2.45) is 0 Å². The molecule has 29 heavy (non-hydrogen) atoms. The van der Waals surface area contributed by atoms with Crippen LogP contribution in [-0.2, 0) is 17.8 Å². The summed E-state index contributed by atoms with van der Waals surface area (Å²) in [5.74, 6) is -0.892. The van der Waals surface area contributed by atoms with Crippen molar-refractivity contribution in [3.8, 4) is 5.75 Å². The van der Waals surface area contributed by atoms with Crippen molar-refractivity contribution in [2.45, 2.75) is 45.6 Å². The molecule has 0 N–H and O–H groups in total. The third kappa shape index (κ3) is 4.18. The Morgan fingerprint density at radius 2 is 1.76 bits per heavy atom. The zero-order valence-electron chi connectivity index (χ0n) is 16.2. The van der Waals surface area contributed by atoms with Crippen LogP contribution in [0.1, 0.15) is 32.0 Å². The van der Waals surface area contributed by atoms with E-state index in [1.165, 1.54) is 17.0 Å². The standard InChI is InChI=1S/C20H20F3N3O3/c1-4-14-11-13(9-10-24-14)12-25-18(28)26(17(27)19(25,2)3)15-5-7-16(8-6-15)29-20(21,22)23/h5-11H,4,12H2,1-3H3. The van der Waals surface area contributed by atoms with Gasteiger partial charge in [-0.05, 0) is 62.2 Å². The summed E-state index contributed by atoms with van der Waals surface area (Å²) in [6.07, 6.45) is -2.43. The maximum atomic E-state index is 13.0. The Kier molecular flexibility index (Phi) is 5.25. The van der Waals surface area contributed by atoms with Crippen LogP contribution < -0.4 is 9.64 Å². The summed E-state index contributed by atoms with van der Waals surface area (Å²) in [5.41, 5.74) is 0.764. The number of aryl methyl sites for hydroxylation is 1. The van der Waals surface area contributed by atoms with E-state index in [1.54, 1.807) is 26.1 Å². The molecular formula is C20H20F3N3O3. The summed E-state index contributed by atoms with van der Waals surface area (Å²) in [4.78, 5) is 32.6. The van der Waals surface area contributed by atoms with Crippen molar-refractivity contribution in [1.29, 1.82) is 0 Å². The Balaban J connectivity index is 1.86. The molecule has 1 aliphatic rings. The lowest BCUT2D eigenvalue weighted by atomic mass is 10.0. The number of carbonyl (C=O) groups excluding carboxylic acids is 2. The van der Waals surface area contributed by atoms with Gasteiger partial charge in [-0.2, -0.15) is 0 Å². The molecule has 1 aromatic carbocycles.